The summed E-state index contributed by atoms with van der Waals surface area (Å²) in [7, 11) is 3.47. The average molecular weight is 401 g/mol. The highest BCUT2D eigenvalue weighted by Crippen LogP contribution is 2.13. The van der Waals surface area contributed by atoms with Crippen molar-refractivity contribution in [2.24, 2.45) is 4.99 Å². The average Bonchev–Trinajstić information content (AvgIpc) is 3.15. The molecular formula is C21H32N6O2. The Morgan fingerprint density at radius 2 is 2.10 bits per heavy atom. The van der Waals surface area contributed by atoms with Crippen molar-refractivity contribution in [1.29, 1.82) is 0 Å². The van der Waals surface area contributed by atoms with E-state index in [9.17, 15) is 0 Å². The van der Waals surface area contributed by atoms with Crippen LogP contribution in [0.5, 0.6) is 0 Å². The molecule has 0 bridgehead atoms. The number of benzene rings is 1. The van der Waals surface area contributed by atoms with Crippen LogP contribution in [0.25, 0.3) is 0 Å². The quantitative estimate of drug-likeness (QED) is 0.360. The predicted molar refractivity (Wildman–Crippen MR) is 113 cm³/mol. The van der Waals surface area contributed by atoms with E-state index in [0.717, 1.165) is 63.0 Å². The number of guanidine groups is 1. The Kier molecular flexibility index (Phi) is 8.45. The molecule has 1 aromatic heterocycles. The van der Waals surface area contributed by atoms with Crippen LogP contribution in [-0.4, -0.2) is 54.1 Å². The summed E-state index contributed by atoms with van der Waals surface area (Å²) in [5.41, 5.74) is 1.22. The van der Waals surface area contributed by atoms with Crippen LogP contribution >= 0.6 is 0 Å². The lowest BCUT2D eigenvalue weighted by Crippen LogP contribution is -2.47. The van der Waals surface area contributed by atoms with E-state index in [0.29, 0.717) is 19.3 Å². The third-order valence-electron chi connectivity index (χ3n) is 4.86. The summed E-state index contributed by atoms with van der Waals surface area (Å²) in [4.78, 5) is 8.86. The van der Waals surface area contributed by atoms with Gasteiger partial charge in [0, 0.05) is 39.8 Å². The lowest BCUT2D eigenvalue weighted by Gasteiger charge is -2.25. The molecular weight excluding hydrogens is 368 g/mol. The number of aryl methyl sites for hydroxylation is 1. The number of nitrogens with zero attached hydrogens (tertiary/aromatic N) is 4. The van der Waals surface area contributed by atoms with Gasteiger partial charge in [0.2, 0.25) is 0 Å². The van der Waals surface area contributed by atoms with E-state index >= 15 is 0 Å². The lowest BCUT2D eigenvalue weighted by atomic mass is 10.1. The Bertz CT molecular complexity index is 762. The van der Waals surface area contributed by atoms with E-state index in [4.69, 9.17) is 9.47 Å². The van der Waals surface area contributed by atoms with E-state index in [1.807, 2.05) is 22.9 Å². The Morgan fingerprint density at radius 1 is 1.24 bits per heavy atom. The van der Waals surface area contributed by atoms with Crippen molar-refractivity contribution in [1.82, 2.24) is 25.4 Å². The molecule has 2 N–H and O–H groups in total. The minimum Gasteiger partial charge on any atom is -0.377 e. The summed E-state index contributed by atoms with van der Waals surface area (Å²) < 4.78 is 12.8. The summed E-state index contributed by atoms with van der Waals surface area (Å²) in [5, 5.41) is 11.4. The zero-order valence-electron chi connectivity index (χ0n) is 17.4. The fourth-order valence-electron chi connectivity index (χ4n) is 3.36. The van der Waals surface area contributed by atoms with E-state index in [2.05, 4.69) is 37.8 Å². The van der Waals surface area contributed by atoms with Crippen molar-refractivity contribution < 1.29 is 9.47 Å². The van der Waals surface area contributed by atoms with Gasteiger partial charge in [0.15, 0.2) is 11.8 Å². The molecule has 1 aromatic carbocycles. The van der Waals surface area contributed by atoms with Gasteiger partial charge in [-0.1, -0.05) is 30.3 Å². The molecule has 0 spiro atoms. The first-order chi connectivity index (χ1) is 14.3. The maximum atomic E-state index is 5.73. The fourth-order valence-corrected chi connectivity index (χ4v) is 3.36. The second-order valence-corrected chi connectivity index (χ2v) is 7.18. The molecule has 0 radical (unpaired) electrons. The first-order valence-electron chi connectivity index (χ1n) is 10.3. The molecule has 0 amide bonds. The highest BCUT2D eigenvalue weighted by Gasteiger charge is 2.22. The Morgan fingerprint density at radius 3 is 2.90 bits per heavy atom. The van der Waals surface area contributed by atoms with Crippen LogP contribution in [0.1, 0.15) is 36.5 Å². The van der Waals surface area contributed by atoms with Crippen molar-refractivity contribution >= 4 is 5.96 Å². The molecule has 0 saturated heterocycles. The van der Waals surface area contributed by atoms with Gasteiger partial charge in [0.05, 0.1) is 13.2 Å². The molecule has 0 fully saturated rings. The number of methoxy groups -OCH3 is 1. The number of hydrogen-bond donors (Lipinski definition) is 2. The molecule has 1 atom stereocenters. The Labute approximate surface area is 172 Å². The highest BCUT2D eigenvalue weighted by atomic mass is 16.5. The zero-order valence-corrected chi connectivity index (χ0v) is 17.4. The van der Waals surface area contributed by atoms with Gasteiger partial charge in [-0.3, -0.25) is 4.99 Å². The standard InChI is InChI=1S/C21H32N6O2/c1-22-21(23-12-6-7-13-29-15-17-8-4-3-5-9-17)24-18-10-11-20-25-19(16-28-2)26-27(20)14-18/h3-5,8-9,18H,6-7,10-16H2,1-2H3,(H2,22,23,24). The van der Waals surface area contributed by atoms with Crippen molar-refractivity contribution in [3.63, 3.8) is 0 Å². The number of fused-ring (bicyclic) bond motifs is 1. The van der Waals surface area contributed by atoms with Gasteiger partial charge >= 0.3 is 0 Å². The molecule has 1 aliphatic heterocycles. The molecule has 29 heavy (non-hydrogen) atoms. The fraction of sp³-hybridized carbons (Fsp3) is 0.571. The van der Waals surface area contributed by atoms with E-state index in [1.54, 1.807) is 14.2 Å². The predicted octanol–water partition coefficient (Wildman–Crippen LogP) is 1.90. The summed E-state index contributed by atoms with van der Waals surface area (Å²) in [6, 6.07) is 10.6. The molecule has 1 unspecified atom stereocenters. The number of aliphatic imine (C=N–C) groups is 1. The smallest absolute Gasteiger partial charge is 0.191 e. The maximum absolute atomic E-state index is 5.73. The molecule has 0 aliphatic carbocycles. The summed E-state index contributed by atoms with van der Waals surface area (Å²) in [5.74, 6) is 2.62. The van der Waals surface area contributed by atoms with Gasteiger partial charge in [0.25, 0.3) is 0 Å². The van der Waals surface area contributed by atoms with Crippen molar-refractivity contribution in [2.75, 3.05) is 27.3 Å². The minimum atomic E-state index is 0.292. The number of aromatic nitrogens is 3. The first kappa shape index (κ1) is 21.3. The third kappa shape index (κ3) is 6.83. The van der Waals surface area contributed by atoms with Gasteiger partial charge in [-0.2, -0.15) is 5.10 Å². The van der Waals surface area contributed by atoms with Crippen LogP contribution in [0, 0.1) is 0 Å². The van der Waals surface area contributed by atoms with E-state index < -0.39 is 0 Å². The van der Waals surface area contributed by atoms with Crippen LogP contribution in [0.4, 0.5) is 0 Å². The third-order valence-corrected chi connectivity index (χ3v) is 4.86. The van der Waals surface area contributed by atoms with Crippen molar-refractivity contribution in [3.05, 3.63) is 47.5 Å². The summed E-state index contributed by atoms with van der Waals surface area (Å²) in [6.07, 6.45) is 3.97. The second-order valence-electron chi connectivity index (χ2n) is 7.18. The summed E-state index contributed by atoms with van der Waals surface area (Å²) >= 11 is 0. The first-order valence-corrected chi connectivity index (χ1v) is 10.3. The highest BCUT2D eigenvalue weighted by molar-refractivity contribution is 5.79. The van der Waals surface area contributed by atoms with Gasteiger partial charge < -0.3 is 20.1 Å². The maximum Gasteiger partial charge on any atom is 0.191 e. The van der Waals surface area contributed by atoms with Gasteiger partial charge in [0.1, 0.15) is 12.4 Å². The van der Waals surface area contributed by atoms with Crippen LogP contribution in [0.15, 0.2) is 35.3 Å². The molecule has 3 rings (SSSR count). The minimum absolute atomic E-state index is 0.292. The monoisotopic (exact) mass is 400 g/mol. The van der Waals surface area contributed by atoms with Crippen LogP contribution < -0.4 is 10.6 Å². The number of rotatable bonds is 10. The Balaban J connectivity index is 1.30. The molecule has 2 heterocycles. The number of unbranched alkanes of at least 4 members (excludes halogenated alkanes) is 1. The number of ether oxygens (including phenoxy) is 2. The van der Waals surface area contributed by atoms with Gasteiger partial charge in [-0.25, -0.2) is 9.67 Å². The van der Waals surface area contributed by atoms with Crippen molar-refractivity contribution in [2.45, 2.75) is 51.5 Å². The largest absolute Gasteiger partial charge is 0.377 e. The van der Waals surface area contributed by atoms with Crippen molar-refractivity contribution in [3.8, 4) is 0 Å². The van der Waals surface area contributed by atoms with Crippen LogP contribution in [0.2, 0.25) is 0 Å². The Hall–Kier alpha value is -2.45. The SMILES string of the molecule is CN=C(NCCCCOCc1ccccc1)NC1CCc2nc(COC)nn2C1. The lowest BCUT2D eigenvalue weighted by molar-refractivity contribution is 0.117. The van der Waals surface area contributed by atoms with Crippen LogP contribution in [-0.2, 0) is 35.7 Å². The van der Waals surface area contributed by atoms with E-state index in [1.165, 1.54) is 5.56 Å². The topological polar surface area (TPSA) is 85.6 Å². The molecule has 0 saturated carbocycles. The molecule has 8 nitrogen and oxygen atoms in total. The molecule has 158 valence electrons. The normalized spacial score (nSPS) is 16.5. The number of hydrogen-bond acceptors (Lipinski definition) is 5. The number of nitrogens with one attached hydrogen (secondary N) is 2. The second kappa shape index (κ2) is 11.5. The summed E-state index contributed by atoms with van der Waals surface area (Å²) in [6.45, 7) is 3.56. The molecule has 8 heteroatoms. The molecule has 1 aliphatic rings. The van der Waals surface area contributed by atoms with Crippen LogP contribution in [0.3, 0.4) is 0 Å². The van der Waals surface area contributed by atoms with Gasteiger partial charge in [-0.05, 0) is 24.8 Å². The molecule has 2 aromatic rings. The van der Waals surface area contributed by atoms with Gasteiger partial charge in [-0.15, -0.1) is 0 Å². The van der Waals surface area contributed by atoms with E-state index in [-0.39, 0.29) is 0 Å². The zero-order chi connectivity index (χ0) is 20.3.